The van der Waals surface area contributed by atoms with Crippen molar-refractivity contribution < 1.29 is 9.90 Å². The lowest BCUT2D eigenvalue weighted by Crippen LogP contribution is -2.37. The van der Waals surface area contributed by atoms with Crippen LogP contribution in [0.1, 0.15) is 35.5 Å². The standard InChI is InChI=1S/C15H19N3O2S/c1-2-13(14-16-7-8-21-14)18-15(20)17-9-11-5-3-4-6-12(11)10-19/h3-8,13,19H,2,9-10H2,1H3,(H2,17,18,20). The molecule has 5 nitrogen and oxygen atoms in total. The lowest BCUT2D eigenvalue weighted by molar-refractivity contribution is 0.236. The largest absolute Gasteiger partial charge is 0.392 e. The van der Waals surface area contributed by atoms with Gasteiger partial charge in [-0.05, 0) is 17.5 Å². The predicted molar refractivity (Wildman–Crippen MR) is 82.9 cm³/mol. The Morgan fingerprint density at radius 2 is 2.14 bits per heavy atom. The first-order chi connectivity index (χ1) is 10.2. The molecule has 1 heterocycles. The summed E-state index contributed by atoms with van der Waals surface area (Å²) in [6.45, 7) is 2.36. The number of urea groups is 1. The van der Waals surface area contributed by atoms with E-state index in [1.807, 2.05) is 36.6 Å². The van der Waals surface area contributed by atoms with Crippen LogP contribution in [0.4, 0.5) is 4.79 Å². The van der Waals surface area contributed by atoms with Crippen LogP contribution in [0.2, 0.25) is 0 Å². The molecular weight excluding hydrogens is 286 g/mol. The summed E-state index contributed by atoms with van der Waals surface area (Å²) >= 11 is 1.53. The number of carbonyl (C=O) groups is 1. The molecule has 1 unspecified atom stereocenters. The minimum Gasteiger partial charge on any atom is -0.392 e. The van der Waals surface area contributed by atoms with Crippen LogP contribution in [0, 0.1) is 0 Å². The minimum atomic E-state index is -0.232. The quantitative estimate of drug-likeness (QED) is 0.768. The van der Waals surface area contributed by atoms with E-state index in [1.165, 1.54) is 11.3 Å². The third-order valence-corrected chi connectivity index (χ3v) is 4.08. The molecule has 1 atom stereocenters. The fourth-order valence-corrected chi connectivity index (χ4v) is 2.79. The highest BCUT2D eigenvalue weighted by atomic mass is 32.1. The van der Waals surface area contributed by atoms with Crippen molar-refractivity contribution in [1.29, 1.82) is 0 Å². The predicted octanol–water partition coefficient (Wildman–Crippen LogP) is 2.59. The number of amides is 2. The summed E-state index contributed by atoms with van der Waals surface area (Å²) in [6.07, 6.45) is 2.52. The summed E-state index contributed by atoms with van der Waals surface area (Å²) in [4.78, 5) is 16.2. The Balaban J connectivity index is 1.90. The first kappa shape index (κ1) is 15.5. The topological polar surface area (TPSA) is 74.2 Å². The Morgan fingerprint density at radius 1 is 1.38 bits per heavy atom. The van der Waals surface area contributed by atoms with Gasteiger partial charge in [0.25, 0.3) is 0 Å². The first-order valence-corrected chi connectivity index (χ1v) is 7.74. The Labute approximate surface area is 128 Å². The molecule has 0 bridgehead atoms. The second-order valence-electron chi connectivity index (χ2n) is 4.59. The van der Waals surface area contributed by atoms with Gasteiger partial charge in [-0.25, -0.2) is 9.78 Å². The van der Waals surface area contributed by atoms with Crippen molar-refractivity contribution in [3.63, 3.8) is 0 Å². The zero-order valence-electron chi connectivity index (χ0n) is 11.9. The number of aliphatic hydroxyl groups is 1. The molecule has 1 aromatic carbocycles. The summed E-state index contributed by atoms with van der Waals surface area (Å²) in [5.41, 5.74) is 1.74. The highest BCUT2D eigenvalue weighted by molar-refractivity contribution is 7.09. The smallest absolute Gasteiger partial charge is 0.315 e. The van der Waals surface area contributed by atoms with Gasteiger partial charge >= 0.3 is 6.03 Å². The van der Waals surface area contributed by atoms with Gasteiger partial charge in [0.2, 0.25) is 0 Å². The third-order valence-electron chi connectivity index (χ3n) is 3.19. The molecule has 3 N–H and O–H groups in total. The Morgan fingerprint density at radius 3 is 2.76 bits per heavy atom. The lowest BCUT2D eigenvalue weighted by atomic mass is 10.1. The highest BCUT2D eigenvalue weighted by Gasteiger charge is 2.14. The molecule has 0 fully saturated rings. The second-order valence-corrected chi connectivity index (χ2v) is 5.51. The van der Waals surface area contributed by atoms with Crippen LogP contribution < -0.4 is 10.6 Å². The van der Waals surface area contributed by atoms with Crippen LogP contribution in [0.5, 0.6) is 0 Å². The van der Waals surface area contributed by atoms with Gasteiger partial charge in [-0.1, -0.05) is 31.2 Å². The number of rotatable bonds is 6. The first-order valence-electron chi connectivity index (χ1n) is 6.86. The Bertz CT molecular complexity index is 572. The average Bonchev–Trinajstić information content (AvgIpc) is 3.05. The van der Waals surface area contributed by atoms with Crippen molar-refractivity contribution >= 4 is 17.4 Å². The maximum atomic E-state index is 12.0. The zero-order valence-corrected chi connectivity index (χ0v) is 12.7. The molecule has 0 saturated heterocycles. The molecule has 2 rings (SSSR count). The van der Waals surface area contributed by atoms with Gasteiger partial charge in [0.05, 0.1) is 12.6 Å². The molecule has 0 aliphatic heterocycles. The number of nitrogens with one attached hydrogen (secondary N) is 2. The Kier molecular flexibility index (Phi) is 5.71. The van der Waals surface area contributed by atoms with Crippen molar-refractivity contribution in [3.8, 4) is 0 Å². The summed E-state index contributed by atoms with van der Waals surface area (Å²) in [6, 6.07) is 7.19. The maximum Gasteiger partial charge on any atom is 0.315 e. The van der Waals surface area contributed by atoms with Gasteiger partial charge in [-0.2, -0.15) is 0 Å². The van der Waals surface area contributed by atoms with E-state index in [0.717, 1.165) is 22.6 Å². The molecule has 6 heteroatoms. The van der Waals surface area contributed by atoms with Crippen molar-refractivity contribution in [2.24, 2.45) is 0 Å². The fourth-order valence-electron chi connectivity index (χ4n) is 2.01. The number of carbonyl (C=O) groups excluding carboxylic acids is 1. The third kappa shape index (κ3) is 4.27. The molecule has 0 radical (unpaired) electrons. The van der Waals surface area contributed by atoms with Gasteiger partial charge < -0.3 is 15.7 Å². The zero-order chi connectivity index (χ0) is 15.1. The molecule has 0 saturated carbocycles. The van der Waals surface area contributed by atoms with Crippen LogP contribution in [0.25, 0.3) is 0 Å². The van der Waals surface area contributed by atoms with Gasteiger partial charge in [-0.15, -0.1) is 11.3 Å². The second kappa shape index (κ2) is 7.75. The minimum absolute atomic E-state index is 0.0316. The molecule has 0 aliphatic rings. The van der Waals surface area contributed by atoms with Crippen LogP contribution in [0.15, 0.2) is 35.8 Å². The SMILES string of the molecule is CCC(NC(=O)NCc1ccccc1CO)c1nccs1. The van der Waals surface area contributed by atoms with E-state index >= 15 is 0 Å². The van der Waals surface area contributed by atoms with E-state index in [9.17, 15) is 9.90 Å². The summed E-state index contributed by atoms with van der Waals surface area (Å²) in [5, 5.41) is 17.8. The van der Waals surface area contributed by atoms with Crippen molar-refractivity contribution in [3.05, 3.63) is 52.0 Å². The van der Waals surface area contributed by atoms with Gasteiger partial charge in [0.15, 0.2) is 0 Å². The number of hydrogen-bond acceptors (Lipinski definition) is 4. The summed E-state index contributed by atoms with van der Waals surface area (Å²) in [7, 11) is 0. The van der Waals surface area contributed by atoms with E-state index in [2.05, 4.69) is 15.6 Å². The molecule has 112 valence electrons. The van der Waals surface area contributed by atoms with E-state index < -0.39 is 0 Å². The highest BCUT2D eigenvalue weighted by Crippen LogP contribution is 2.18. The van der Waals surface area contributed by atoms with E-state index in [0.29, 0.717) is 6.54 Å². The average molecular weight is 305 g/mol. The van der Waals surface area contributed by atoms with Gasteiger partial charge in [-0.3, -0.25) is 0 Å². The van der Waals surface area contributed by atoms with Crippen molar-refractivity contribution in [2.45, 2.75) is 32.5 Å². The monoisotopic (exact) mass is 305 g/mol. The number of nitrogens with zero attached hydrogens (tertiary/aromatic N) is 1. The number of aliphatic hydroxyl groups excluding tert-OH is 1. The molecule has 21 heavy (non-hydrogen) atoms. The molecular formula is C15H19N3O2S. The normalized spacial score (nSPS) is 11.9. The van der Waals surface area contributed by atoms with Gasteiger partial charge in [0, 0.05) is 18.1 Å². The molecule has 0 aliphatic carbocycles. The van der Waals surface area contributed by atoms with E-state index in [4.69, 9.17) is 0 Å². The summed E-state index contributed by atoms with van der Waals surface area (Å²) < 4.78 is 0. The number of thiazole rings is 1. The number of aromatic nitrogens is 1. The van der Waals surface area contributed by atoms with E-state index in [-0.39, 0.29) is 18.7 Å². The summed E-state index contributed by atoms with van der Waals surface area (Å²) in [5.74, 6) is 0. The Hall–Kier alpha value is -1.92. The van der Waals surface area contributed by atoms with Crippen LogP contribution in [-0.4, -0.2) is 16.1 Å². The van der Waals surface area contributed by atoms with Crippen LogP contribution in [0.3, 0.4) is 0 Å². The number of hydrogen-bond donors (Lipinski definition) is 3. The van der Waals surface area contributed by atoms with Crippen LogP contribution >= 0.6 is 11.3 Å². The fraction of sp³-hybridized carbons (Fsp3) is 0.333. The molecule has 2 amide bonds. The molecule has 2 aromatic rings. The van der Waals surface area contributed by atoms with E-state index in [1.54, 1.807) is 6.20 Å². The molecule has 0 spiro atoms. The van der Waals surface area contributed by atoms with Crippen molar-refractivity contribution in [2.75, 3.05) is 0 Å². The van der Waals surface area contributed by atoms with Crippen molar-refractivity contribution in [1.82, 2.24) is 15.6 Å². The van der Waals surface area contributed by atoms with Crippen LogP contribution in [-0.2, 0) is 13.2 Å². The lowest BCUT2D eigenvalue weighted by Gasteiger charge is -2.15. The molecule has 1 aromatic heterocycles. The van der Waals surface area contributed by atoms with Gasteiger partial charge in [0.1, 0.15) is 5.01 Å². The maximum absolute atomic E-state index is 12.0. The number of benzene rings is 1.